The summed E-state index contributed by atoms with van der Waals surface area (Å²) in [4.78, 5) is 25.6. The second-order valence-corrected chi connectivity index (χ2v) is 6.09. The molecule has 1 amide bonds. The van der Waals surface area contributed by atoms with Gasteiger partial charge in [0.1, 0.15) is 6.04 Å². The molecule has 2 aliphatic rings. The van der Waals surface area contributed by atoms with Crippen LogP contribution in [0.5, 0.6) is 0 Å². The summed E-state index contributed by atoms with van der Waals surface area (Å²) >= 11 is 0. The number of aliphatic carboxylic acids is 1. The number of carbonyl (C=O) groups is 2. The van der Waals surface area contributed by atoms with Gasteiger partial charge in [-0.1, -0.05) is 12.8 Å². The first-order valence-corrected chi connectivity index (χ1v) is 7.61. The van der Waals surface area contributed by atoms with Gasteiger partial charge in [-0.05, 0) is 38.5 Å². The molecule has 2 fully saturated rings. The smallest absolute Gasteiger partial charge is 0.326 e. The van der Waals surface area contributed by atoms with Gasteiger partial charge in [0.05, 0.1) is 6.10 Å². The van der Waals surface area contributed by atoms with Crippen LogP contribution in [0.4, 0.5) is 0 Å². The predicted octanol–water partition coefficient (Wildman–Crippen LogP) is 2.05. The number of methoxy groups -OCH3 is 1. The zero-order valence-corrected chi connectivity index (χ0v) is 12.4. The Morgan fingerprint density at radius 2 is 2.05 bits per heavy atom. The molecule has 5 heteroatoms. The van der Waals surface area contributed by atoms with Crippen LogP contribution in [-0.4, -0.2) is 47.2 Å². The highest BCUT2D eigenvalue weighted by molar-refractivity contribution is 5.84. The monoisotopic (exact) mass is 283 g/mol. The van der Waals surface area contributed by atoms with Crippen molar-refractivity contribution in [3.63, 3.8) is 0 Å². The summed E-state index contributed by atoms with van der Waals surface area (Å²) in [7, 11) is 1.63. The lowest BCUT2D eigenvalue weighted by molar-refractivity contribution is -0.150. The molecular weight excluding hydrogens is 258 g/mol. The maximum atomic E-state index is 12.4. The summed E-state index contributed by atoms with van der Waals surface area (Å²) in [5.74, 6) is -0.489. The van der Waals surface area contributed by atoms with E-state index >= 15 is 0 Å². The lowest BCUT2D eigenvalue weighted by Crippen LogP contribution is -2.46. The highest BCUT2D eigenvalue weighted by Gasteiger charge is 2.47. The van der Waals surface area contributed by atoms with Crippen LogP contribution in [0.2, 0.25) is 0 Å². The molecule has 1 aliphatic carbocycles. The maximum Gasteiger partial charge on any atom is 0.326 e. The summed E-state index contributed by atoms with van der Waals surface area (Å²) in [6.07, 6.45) is 5.98. The Labute approximate surface area is 120 Å². The van der Waals surface area contributed by atoms with Crippen molar-refractivity contribution in [2.45, 2.75) is 70.1 Å². The van der Waals surface area contributed by atoms with Crippen molar-refractivity contribution < 1.29 is 19.4 Å². The number of likely N-dealkylation sites (tertiary alicyclic amines) is 1. The van der Waals surface area contributed by atoms with E-state index in [0.29, 0.717) is 25.2 Å². The van der Waals surface area contributed by atoms with Crippen LogP contribution >= 0.6 is 0 Å². The molecule has 1 N–H and O–H groups in total. The Morgan fingerprint density at radius 3 is 2.70 bits per heavy atom. The first kappa shape index (κ1) is 15.3. The number of carboxylic acid groups (broad SMARTS) is 1. The van der Waals surface area contributed by atoms with Crippen molar-refractivity contribution >= 4 is 11.9 Å². The van der Waals surface area contributed by atoms with Crippen LogP contribution in [0.1, 0.15) is 51.9 Å². The summed E-state index contributed by atoms with van der Waals surface area (Å²) in [6, 6.07) is -0.469. The molecule has 2 rings (SSSR count). The topological polar surface area (TPSA) is 66.8 Å². The second kappa shape index (κ2) is 6.57. The number of carbonyl (C=O) groups excluding carboxylic acids is 1. The highest BCUT2D eigenvalue weighted by Crippen LogP contribution is 2.40. The third-order valence-corrected chi connectivity index (χ3v) is 4.83. The number of ether oxygens (including phenoxy) is 1. The molecule has 114 valence electrons. The Bertz CT molecular complexity index is 371. The normalized spacial score (nSPS) is 30.9. The fraction of sp³-hybridized carbons (Fsp3) is 0.867. The number of hydrogen-bond donors (Lipinski definition) is 1. The van der Waals surface area contributed by atoms with E-state index in [1.807, 2.05) is 6.92 Å². The Hall–Kier alpha value is -1.10. The van der Waals surface area contributed by atoms with Gasteiger partial charge < -0.3 is 14.7 Å². The molecule has 0 aromatic carbocycles. The van der Waals surface area contributed by atoms with E-state index in [9.17, 15) is 14.7 Å². The molecule has 0 spiro atoms. The van der Waals surface area contributed by atoms with E-state index < -0.39 is 12.0 Å². The highest BCUT2D eigenvalue weighted by atomic mass is 16.5. The molecular formula is C15H25NO4. The zero-order chi connectivity index (χ0) is 14.7. The van der Waals surface area contributed by atoms with Gasteiger partial charge in [-0.25, -0.2) is 4.79 Å². The molecule has 4 unspecified atom stereocenters. The van der Waals surface area contributed by atoms with Crippen LogP contribution in [-0.2, 0) is 14.3 Å². The summed E-state index contributed by atoms with van der Waals surface area (Å²) < 4.78 is 5.16. The van der Waals surface area contributed by atoms with Crippen LogP contribution in [0, 0.1) is 5.92 Å². The van der Waals surface area contributed by atoms with Gasteiger partial charge in [-0.3, -0.25) is 4.79 Å². The van der Waals surface area contributed by atoms with Gasteiger partial charge in [-0.15, -0.1) is 0 Å². The molecule has 20 heavy (non-hydrogen) atoms. The van der Waals surface area contributed by atoms with Crippen molar-refractivity contribution in [1.82, 2.24) is 4.90 Å². The summed E-state index contributed by atoms with van der Waals surface area (Å²) in [5, 5.41) is 9.38. The number of rotatable bonds is 5. The lowest BCUT2D eigenvalue weighted by atomic mass is 9.84. The SMILES string of the molecule is COC(C)CCC(=O)N1C(C(=O)O)CC2CCCCC21. The summed E-state index contributed by atoms with van der Waals surface area (Å²) in [6.45, 7) is 1.93. The van der Waals surface area contributed by atoms with E-state index in [1.165, 1.54) is 0 Å². The summed E-state index contributed by atoms with van der Waals surface area (Å²) in [5.41, 5.74) is 0. The van der Waals surface area contributed by atoms with E-state index in [4.69, 9.17) is 4.74 Å². The molecule has 0 aromatic heterocycles. The van der Waals surface area contributed by atoms with Gasteiger partial charge in [-0.2, -0.15) is 0 Å². The Kier molecular flexibility index (Phi) is 5.02. The minimum Gasteiger partial charge on any atom is -0.480 e. The fourth-order valence-corrected chi connectivity index (χ4v) is 3.61. The first-order valence-electron chi connectivity index (χ1n) is 7.61. The first-order chi connectivity index (χ1) is 9.54. The molecule has 1 saturated heterocycles. The third kappa shape index (κ3) is 3.14. The second-order valence-electron chi connectivity index (χ2n) is 6.09. The number of hydrogen-bond acceptors (Lipinski definition) is 3. The number of nitrogens with zero attached hydrogens (tertiary/aromatic N) is 1. The zero-order valence-electron chi connectivity index (χ0n) is 12.4. The quantitative estimate of drug-likeness (QED) is 0.838. The van der Waals surface area contributed by atoms with E-state index in [2.05, 4.69) is 0 Å². The molecule has 4 atom stereocenters. The van der Waals surface area contributed by atoms with Gasteiger partial charge in [0.25, 0.3) is 0 Å². The van der Waals surface area contributed by atoms with Crippen LogP contribution in [0.25, 0.3) is 0 Å². The van der Waals surface area contributed by atoms with Crippen molar-refractivity contribution in [3.05, 3.63) is 0 Å². The largest absolute Gasteiger partial charge is 0.480 e. The Balaban J connectivity index is 2.04. The average Bonchev–Trinajstić information content (AvgIpc) is 2.84. The minimum atomic E-state index is -0.854. The van der Waals surface area contributed by atoms with Crippen molar-refractivity contribution in [2.24, 2.45) is 5.92 Å². The molecule has 1 aliphatic heterocycles. The number of carboxylic acids is 1. The average molecular weight is 283 g/mol. The number of fused-ring (bicyclic) bond motifs is 1. The van der Waals surface area contributed by atoms with Crippen molar-refractivity contribution in [3.8, 4) is 0 Å². The minimum absolute atomic E-state index is 0.0179. The fourth-order valence-electron chi connectivity index (χ4n) is 3.61. The lowest BCUT2D eigenvalue weighted by Gasteiger charge is -2.33. The number of amides is 1. The molecule has 0 aromatic rings. The van der Waals surface area contributed by atoms with Crippen LogP contribution < -0.4 is 0 Å². The molecule has 5 nitrogen and oxygen atoms in total. The van der Waals surface area contributed by atoms with E-state index in [1.54, 1.807) is 12.0 Å². The molecule has 1 saturated carbocycles. The van der Waals surface area contributed by atoms with Crippen molar-refractivity contribution in [1.29, 1.82) is 0 Å². The Morgan fingerprint density at radius 1 is 1.35 bits per heavy atom. The van der Waals surface area contributed by atoms with E-state index in [-0.39, 0.29) is 18.1 Å². The van der Waals surface area contributed by atoms with E-state index in [0.717, 1.165) is 25.7 Å². The molecule has 0 bridgehead atoms. The van der Waals surface area contributed by atoms with Gasteiger partial charge in [0.15, 0.2) is 0 Å². The van der Waals surface area contributed by atoms with Gasteiger partial charge >= 0.3 is 5.97 Å². The molecule has 0 radical (unpaired) electrons. The predicted molar refractivity (Wildman–Crippen MR) is 74.3 cm³/mol. The van der Waals surface area contributed by atoms with Gasteiger partial charge in [0.2, 0.25) is 5.91 Å². The van der Waals surface area contributed by atoms with Crippen molar-refractivity contribution in [2.75, 3.05) is 7.11 Å². The van der Waals surface area contributed by atoms with Crippen LogP contribution in [0.15, 0.2) is 0 Å². The van der Waals surface area contributed by atoms with Crippen LogP contribution in [0.3, 0.4) is 0 Å². The maximum absolute atomic E-state index is 12.4. The third-order valence-electron chi connectivity index (χ3n) is 4.83. The molecule has 1 heterocycles. The standard InChI is InChI=1S/C15H25NO4/c1-10(20-2)7-8-14(17)16-12-6-4-3-5-11(12)9-13(16)15(18)19/h10-13H,3-9H2,1-2H3,(H,18,19). The van der Waals surface area contributed by atoms with Gasteiger partial charge in [0, 0.05) is 19.6 Å².